The molecule has 6 nitrogen and oxygen atoms in total. The van der Waals surface area contributed by atoms with Crippen molar-refractivity contribution >= 4 is 33.7 Å². The number of imidazole rings is 1. The van der Waals surface area contributed by atoms with Crippen LogP contribution in [0.2, 0.25) is 0 Å². The zero-order chi connectivity index (χ0) is 26.7. The van der Waals surface area contributed by atoms with Gasteiger partial charge in [0.1, 0.15) is 5.52 Å². The fourth-order valence-electron chi connectivity index (χ4n) is 5.11. The molecule has 0 saturated heterocycles. The van der Waals surface area contributed by atoms with Crippen LogP contribution in [0.3, 0.4) is 0 Å². The Morgan fingerprint density at radius 3 is 1.90 bits per heavy atom. The first-order valence-electron chi connectivity index (χ1n) is 13.4. The van der Waals surface area contributed by atoms with Gasteiger partial charge in [-0.3, -0.25) is 0 Å². The summed E-state index contributed by atoms with van der Waals surface area (Å²) in [5.74, 6) is 1.70. The zero-order valence-corrected chi connectivity index (χ0v) is 22.8. The summed E-state index contributed by atoms with van der Waals surface area (Å²) in [5, 5.41) is 12.0. The number of para-hydroxylation sites is 1. The van der Waals surface area contributed by atoms with Crippen molar-refractivity contribution in [2.75, 3.05) is 23.4 Å². The van der Waals surface area contributed by atoms with Crippen molar-refractivity contribution in [2.24, 2.45) is 0 Å². The van der Waals surface area contributed by atoms with Crippen molar-refractivity contribution < 1.29 is 5.11 Å². The normalized spacial score (nSPS) is 11.2. The van der Waals surface area contributed by atoms with E-state index in [9.17, 15) is 5.11 Å². The lowest BCUT2D eigenvalue weighted by Crippen LogP contribution is -2.29. The molecule has 0 fully saturated rings. The molecule has 6 heteroatoms. The molecule has 0 aliphatic rings. The van der Waals surface area contributed by atoms with Crippen molar-refractivity contribution in [1.29, 1.82) is 0 Å². The summed E-state index contributed by atoms with van der Waals surface area (Å²) in [4.78, 5) is 15.0. The van der Waals surface area contributed by atoms with E-state index in [4.69, 9.17) is 9.97 Å². The van der Waals surface area contributed by atoms with Gasteiger partial charge in [0.15, 0.2) is 5.82 Å². The Morgan fingerprint density at radius 1 is 0.800 bits per heavy atom. The number of pyridine rings is 1. The molecule has 0 aliphatic carbocycles. The minimum atomic E-state index is -0.909. The lowest BCUT2D eigenvalue weighted by molar-refractivity contribution is 0.0631. The van der Waals surface area contributed by atoms with Crippen molar-refractivity contribution in [3.05, 3.63) is 96.1 Å². The van der Waals surface area contributed by atoms with Gasteiger partial charge in [-0.15, -0.1) is 0 Å². The van der Waals surface area contributed by atoms with Crippen LogP contribution in [0, 0.1) is 0 Å². The van der Waals surface area contributed by atoms with Gasteiger partial charge < -0.3 is 19.5 Å². The topological polar surface area (TPSA) is 57.4 Å². The smallest absolute Gasteiger partial charge is 0.206 e. The molecule has 2 aromatic heterocycles. The molecular weight excluding hydrogens is 494 g/mol. The Labute approximate surface area is 239 Å². The minimum absolute atomic E-state index is 0. The summed E-state index contributed by atoms with van der Waals surface area (Å²) in [6.07, 6.45) is 1.00. The molecule has 2 heterocycles. The number of fused-ring (bicyclic) bond motifs is 3. The van der Waals surface area contributed by atoms with E-state index in [1.54, 1.807) is 0 Å². The first kappa shape index (κ1) is 30.6. The Bertz CT molecular complexity index is 1460. The maximum absolute atomic E-state index is 10.9. The second kappa shape index (κ2) is 13.0. The van der Waals surface area contributed by atoms with Gasteiger partial charge in [-0.25, -0.2) is 9.97 Å². The highest BCUT2D eigenvalue weighted by atomic mass is 16.3. The molecule has 40 heavy (non-hydrogen) atoms. The molecule has 0 bridgehead atoms. The molecule has 5 rings (SSSR count). The van der Waals surface area contributed by atoms with Crippen LogP contribution >= 0.6 is 0 Å². The second-order valence-corrected chi connectivity index (χ2v) is 10.7. The highest BCUT2D eigenvalue weighted by Gasteiger charge is 2.26. The molecule has 0 radical (unpaired) electrons. The van der Waals surface area contributed by atoms with Crippen molar-refractivity contribution in [1.82, 2.24) is 14.5 Å². The van der Waals surface area contributed by atoms with Gasteiger partial charge in [0, 0.05) is 32.1 Å². The quantitative estimate of drug-likeness (QED) is 0.197. The molecule has 3 aromatic carbocycles. The van der Waals surface area contributed by atoms with Crippen LogP contribution in [0.5, 0.6) is 0 Å². The predicted octanol–water partition coefficient (Wildman–Crippen LogP) is 7.68. The number of hydrogen-bond donors (Lipinski definition) is 1. The molecule has 0 unspecified atom stereocenters. The monoisotopic (exact) mass is 539 g/mol. The van der Waals surface area contributed by atoms with Gasteiger partial charge in [0.05, 0.1) is 23.2 Å². The number of hydrogen-bond acceptors (Lipinski definition) is 5. The first-order valence-corrected chi connectivity index (χ1v) is 13.4. The Kier molecular flexibility index (Phi) is 9.93. The van der Waals surface area contributed by atoms with Crippen LogP contribution in [0.25, 0.3) is 21.9 Å². The molecule has 0 atom stereocenters. The molecule has 1 N–H and O–H groups in total. The molecular formula is C34H45N5O. The number of benzene rings is 3. The summed E-state index contributed by atoms with van der Waals surface area (Å²) < 4.78 is 2.18. The van der Waals surface area contributed by atoms with Gasteiger partial charge >= 0.3 is 0 Å². The number of rotatable bonds is 10. The zero-order valence-electron chi connectivity index (χ0n) is 22.8. The van der Waals surface area contributed by atoms with Crippen LogP contribution in [-0.4, -0.2) is 38.8 Å². The Morgan fingerprint density at radius 2 is 1.35 bits per heavy atom. The van der Waals surface area contributed by atoms with Gasteiger partial charge in [-0.2, -0.15) is 0 Å². The fourth-order valence-corrected chi connectivity index (χ4v) is 5.11. The summed E-state index contributed by atoms with van der Waals surface area (Å²) in [6, 6.07) is 29.3. The highest BCUT2D eigenvalue weighted by Crippen LogP contribution is 2.36. The standard InChI is InChI=1S/C32H37N5O.2CH4/c1-5-20-35(4)31-34-28-29(37(31)23-32(2,3)38)26-18-12-13-19-27(26)33-30(28)36(21-24-14-8-6-9-15-24)22-25-16-10-7-11-17-25;;/h6-19,38H,5,20-23H2,1-4H3;2*1H4. The molecule has 0 saturated carbocycles. The third kappa shape index (κ3) is 6.62. The molecule has 0 spiro atoms. The molecule has 0 aliphatic heterocycles. The predicted molar refractivity (Wildman–Crippen MR) is 171 cm³/mol. The van der Waals surface area contributed by atoms with Crippen molar-refractivity contribution in [3.8, 4) is 0 Å². The largest absolute Gasteiger partial charge is 0.389 e. The van der Waals surface area contributed by atoms with Crippen LogP contribution in [0.15, 0.2) is 84.9 Å². The van der Waals surface area contributed by atoms with E-state index in [0.29, 0.717) is 19.6 Å². The maximum atomic E-state index is 10.9. The summed E-state index contributed by atoms with van der Waals surface area (Å²) in [6.45, 7) is 8.58. The number of nitrogens with zero attached hydrogens (tertiary/aromatic N) is 5. The average Bonchev–Trinajstić information content (AvgIpc) is 3.27. The number of anilines is 2. The summed E-state index contributed by atoms with van der Waals surface area (Å²) in [5.41, 5.74) is 4.31. The second-order valence-electron chi connectivity index (χ2n) is 10.7. The molecule has 212 valence electrons. The SMILES string of the molecule is C.C.CCCN(C)c1nc2c(N(Cc3ccccc3)Cc3ccccc3)nc3ccccc3c2n1CC(C)(C)O. The highest BCUT2D eigenvalue weighted by molar-refractivity contribution is 6.08. The van der Waals surface area contributed by atoms with E-state index in [1.807, 2.05) is 38.1 Å². The third-order valence-corrected chi connectivity index (χ3v) is 6.72. The Hall–Kier alpha value is -3.90. The first-order chi connectivity index (χ1) is 18.3. The van der Waals surface area contributed by atoms with Crippen LogP contribution in [0.1, 0.15) is 53.2 Å². The van der Waals surface area contributed by atoms with Crippen molar-refractivity contribution in [3.63, 3.8) is 0 Å². The van der Waals surface area contributed by atoms with Gasteiger partial charge in [0.25, 0.3) is 0 Å². The van der Waals surface area contributed by atoms with E-state index in [2.05, 4.69) is 89.0 Å². The van der Waals surface area contributed by atoms with E-state index < -0.39 is 5.60 Å². The van der Waals surface area contributed by atoms with Gasteiger partial charge in [-0.1, -0.05) is 101 Å². The third-order valence-electron chi connectivity index (χ3n) is 6.72. The van der Waals surface area contributed by atoms with Gasteiger partial charge in [-0.05, 0) is 37.5 Å². The maximum Gasteiger partial charge on any atom is 0.206 e. The minimum Gasteiger partial charge on any atom is -0.389 e. The van der Waals surface area contributed by atoms with Crippen LogP contribution < -0.4 is 9.80 Å². The lowest BCUT2D eigenvalue weighted by atomic mass is 10.1. The molecule has 5 aromatic rings. The lowest BCUT2D eigenvalue weighted by Gasteiger charge is -2.26. The van der Waals surface area contributed by atoms with Crippen LogP contribution in [-0.2, 0) is 19.6 Å². The van der Waals surface area contributed by atoms with Crippen molar-refractivity contribution in [2.45, 2.75) is 67.3 Å². The number of aromatic nitrogens is 3. The van der Waals surface area contributed by atoms with E-state index >= 15 is 0 Å². The summed E-state index contributed by atoms with van der Waals surface area (Å²) >= 11 is 0. The van der Waals surface area contributed by atoms with E-state index in [0.717, 1.165) is 46.7 Å². The van der Waals surface area contributed by atoms with E-state index in [1.165, 1.54) is 11.1 Å². The van der Waals surface area contributed by atoms with E-state index in [-0.39, 0.29) is 14.9 Å². The fraction of sp³-hybridized carbons (Fsp3) is 0.353. The Balaban J connectivity index is 0.00000220. The van der Waals surface area contributed by atoms with Gasteiger partial charge in [0.2, 0.25) is 5.95 Å². The molecule has 0 amide bonds. The number of aliphatic hydroxyl groups is 1. The average molecular weight is 540 g/mol. The summed E-state index contributed by atoms with van der Waals surface area (Å²) in [7, 11) is 2.08. The van der Waals surface area contributed by atoms with Crippen LogP contribution in [0.4, 0.5) is 11.8 Å².